The summed E-state index contributed by atoms with van der Waals surface area (Å²) in [5, 5.41) is 6.13. The smallest absolute Gasteiger partial charge is 0.209 e. The highest BCUT2D eigenvalue weighted by atomic mass is 15.3. The summed E-state index contributed by atoms with van der Waals surface area (Å²) in [5.41, 5.74) is 10.0. The van der Waals surface area contributed by atoms with Crippen LogP contribution in [0.2, 0.25) is 0 Å². The Balaban J connectivity index is 1.16. The monoisotopic (exact) mass is 559 g/mol. The van der Waals surface area contributed by atoms with Crippen molar-refractivity contribution in [2.45, 2.75) is 37.1 Å². The first-order chi connectivity index (χ1) is 21.3. The molecule has 4 heteroatoms. The molecule has 0 bridgehead atoms. The van der Waals surface area contributed by atoms with Gasteiger partial charge in [-0.05, 0) is 47.7 Å². The molecule has 0 saturated heterocycles. The van der Waals surface area contributed by atoms with Crippen LogP contribution < -0.4 is 15.5 Å². The van der Waals surface area contributed by atoms with Crippen LogP contribution in [0.25, 0.3) is 5.57 Å². The first-order valence-electron chi connectivity index (χ1n) is 15.4. The largest absolute Gasteiger partial charge is 0.333 e. The molecule has 0 fully saturated rings. The third-order valence-corrected chi connectivity index (χ3v) is 9.02. The third kappa shape index (κ3) is 4.84. The molecule has 4 nitrogen and oxygen atoms in total. The average Bonchev–Trinajstić information content (AvgIpc) is 3.43. The highest BCUT2D eigenvalue weighted by molar-refractivity contribution is 6.00. The summed E-state index contributed by atoms with van der Waals surface area (Å²) in [6.07, 6.45) is 16.3. The fraction of sp³-hybridized carbons (Fsp3) is 0.154. The number of nitrogens with zero attached hydrogens (tertiary/aromatic N) is 2. The molecule has 0 amide bonds. The predicted octanol–water partition coefficient (Wildman–Crippen LogP) is 7.16. The number of benzene rings is 4. The first kappa shape index (κ1) is 25.8. The highest BCUT2D eigenvalue weighted by Crippen LogP contribution is 2.49. The SMILES string of the molecule is C1=CC(C2NC(c3cccc(N4c5ccccc5C5C=C(c6ccccc6)C=CC54)c3)=NC(c3ccccc3)[NH2+]2)=CCC1. The molecule has 8 rings (SSSR count). The molecule has 2 heterocycles. The van der Waals surface area contributed by atoms with Crippen LogP contribution in [-0.4, -0.2) is 18.0 Å². The predicted molar refractivity (Wildman–Crippen MR) is 176 cm³/mol. The minimum atomic E-state index is -0.0120. The fourth-order valence-electron chi connectivity index (χ4n) is 6.93. The Labute approximate surface area is 253 Å². The van der Waals surface area contributed by atoms with Gasteiger partial charge in [-0.1, -0.05) is 127 Å². The fourth-order valence-corrected chi connectivity index (χ4v) is 6.93. The van der Waals surface area contributed by atoms with Crippen LogP contribution in [0.5, 0.6) is 0 Å². The van der Waals surface area contributed by atoms with Crippen molar-refractivity contribution in [2.75, 3.05) is 4.90 Å². The Kier molecular flexibility index (Phi) is 6.62. The summed E-state index contributed by atoms with van der Waals surface area (Å²) in [4.78, 5) is 7.77. The topological polar surface area (TPSA) is 44.2 Å². The Bertz CT molecular complexity index is 1800. The summed E-state index contributed by atoms with van der Waals surface area (Å²) in [6, 6.07) is 39.3. The van der Waals surface area contributed by atoms with Crippen molar-refractivity contribution in [3.8, 4) is 0 Å². The molecule has 4 atom stereocenters. The van der Waals surface area contributed by atoms with Gasteiger partial charge in [-0.2, -0.15) is 0 Å². The number of quaternary nitrogens is 1. The van der Waals surface area contributed by atoms with E-state index in [1.165, 1.54) is 39.2 Å². The van der Waals surface area contributed by atoms with Gasteiger partial charge in [0.25, 0.3) is 0 Å². The summed E-state index contributed by atoms with van der Waals surface area (Å²) in [7, 11) is 0. The molecule has 4 aromatic carbocycles. The molecular formula is C39H35N4+. The van der Waals surface area contributed by atoms with Gasteiger partial charge in [0, 0.05) is 34.0 Å². The molecule has 4 unspecified atom stereocenters. The van der Waals surface area contributed by atoms with Crippen LogP contribution in [-0.2, 0) is 0 Å². The van der Waals surface area contributed by atoms with Crippen LogP contribution in [0.1, 0.15) is 47.2 Å². The number of allylic oxidation sites excluding steroid dienone is 4. The number of rotatable bonds is 5. The van der Waals surface area contributed by atoms with Crippen LogP contribution >= 0.6 is 0 Å². The summed E-state index contributed by atoms with van der Waals surface area (Å²) in [5.74, 6) is 1.23. The normalized spacial score (nSPS) is 23.9. The van der Waals surface area contributed by atoms with E-state index in [2.05, 4.69) is 161 Å². The Morgan fingerprint density at radius 1 is 0.767 bits per heavy atom. The second-order valence-corrected chi connectivity index (χ2v) is 11.7. The lowest BCUT2D eigenvalue weighted by molar-refractivity contribution is -0.724. The van der Waals surface area contributed by atoms with Crippen molar-refractivity contribution in [1.29, 1.82) is 0 Å². The average molecular weight is 560 g/mol. The number of nitrogens with one attached hydrogen (secondary N) is 1. The van der Waals surface area contributed by atoms with E-state index in [1.807, 2.05) is 0 Å². The summed E-state index contributed by atoms with van der Waals surface area (Å²) >= 11 is 0. The minimum absolute atomic E-state index is 0.0120. The Morgan fingerprint density at radius 3 is 2.40 bits per heavy atom. The van der Waals surface area contributed by atoms with Crippen LogP contribution in [0.4, 0.5) is 11.4 Å². The molecule has 0 aromatic heterocycles. The van der Waals surface area contributed by atoms with Crippen LogP contribution in [0.15, 0.2) is 156 Å². The number of para-hydroxylation sites is 1. The van der Waals surface area contributed by atoms with Gasteiger partial charge in [-0.25, -0.2) is 4.99 Å². The lowest BCUT2D eigenvalue weighted by Crippen LogP contribution is -2.96. The zero-order chi connectivity index (χ0) is 28.6. The van der Waals surface area contributed by atoms with Crippen molar-refractivity contribution in [2.24, 2.45) is 4.99 Å². The molecule has 0 radical (unpaired) electrons. The molecule has 2 aliphatic heterocycles. The Hall–Kier alpha value is -4.93. The van der Waals surface area contributed by atoms with Crippen LogP contribution in [0, 0.1) is 0 Å². The zero-order valence-electron chi connectivity index (χ0n) is 24.1. The second kappa shape index (κ2) is 11.0. The molecule has 0 spiro atoms. The molecule has 4 aliphatic rings. The molecule has 210 valence electrons. The highest BCUT2D eigenvalue weighted by Gasteiger charge is 2.38. The van der Waals surface area contributed by atoms with E-state index in [0.29, 0.717) is 0 Å². The Morgan fingerprint density at radius 2 is 1.56 bits per heavy atom. The van der Waals surface area contributed by atoms with Gasteiger partial charge >= 0.3 is 0 Å². The van der Waals surface area contributed by atoms with Gasteiger partial charge in [0.2, 0.25) is 6.17 Å². The number of amidine groups is 1. The van der Waals surface area contributed by atoms with Gasteiger partial charge < -0.3 is 10.2 Å². The second-order valence-electron chi connectivity index (χ2n) is 11.7. The minimum Gasteiger partial charge on any atom is -0.333 e. The van der Waals surface area contributed by atoms with Crippen LogP contribution in [0.3, 0.4) is 0 Å². The number of hydrogen-bond donors (Lipinski definition) is 2. The molecule has 43 heavy (non-hydrogen) atoms. The van der Waals surface area contributed by atoms with E-state index in [-0.39, 0.29) is 24.3 Å². The number of hydrogen-bond acceptors (Lipinski definition) is 3. The molecule has 2 aliphatic carbocycles. The maximum atomic E-state index is 5.26. The van der Waals surface area contributed by atoms with Gasteiger partial charge in [0.05, 0.1) is 6.04 Å². The number of nitrogens with two attached hydrogens (primary N) is 1. The van der Waals surface area contributed by atoms with Crippen molar-refractivity contribution in [3.05, 3.63) is 173 Å². The molecule has 0 saturated carbocycles. The van der Waals surface area contributed by atoms with E-state index in [1.54, 1.807) is 0 Å². The lowest BCUT2D eigenvalue weighted by Gasteiger charge is -2.31. The summed E-state index contributed by atoms with van der Waals surface area (Å²) < 4.78 is 0. The van der Waals surface area contributed by atoms with E-state index >= 15 is 0 Å². The molecule has 4 aromatic rings. The maximum absolute atomic E-state index is 5.26. The third-order valence-electron chi connectivity index (χ3n) is 9.02. The molecule has 3 N–H and O–H groups in total. The first-order valence-corrected chi connectivity index (χ1v) is 15.4. The van der Waals surface area contributed by atoms with Gasteiger partial charge in [-0.15, -0.1) is 0 Å². The van der Waals surface area contributed by atoms with Gasteiger partial charge in [0.15, 0.2) is 6.17 Å². The number of anilines is 2. The standard InChI is InChI=1S/C39H34N4/c1-4-13-27(14-5-1)30-23-24-36-34(26-30)33-21-10-11-22-35(33)43(36)32-20-12-19-31(25-32)39-41-37(28-15-6-2-7-16-28)40-38(42-39)29-17-8-3-9-18-29/h1-2,4-8,10-26,34,36-38,40H,3,9H2,(H,41,42)/p+1. The molecular weight excluding hydrogens is 524 g/mol. The van der Waals surface area contributed by atoms with Gasteiger partial charge in [-0.3, -0.25) is 5.32 Å². The number of aliphatic imine (C=N–C) groups is 1. The lowest BCUT2D eigenvalue weighted by atomic mass is 9.86. The summed E-state index contributed by atoms with van der Waals surface area (Å²) in [6.45, 7) is 0. The van der Waals surface area contributed by atoms with Gasteiger partial charge in [0.1, 0.15) is 5.84 Å². The van der Waals surface area contributed by atoms with Crippen molar-refractivity contribution in [3.63, 3.8) is 0 Å². The zero-order valence-corrected chi connectivity index (χ0v) is 24.1. The van der Waals surface area contributed by atoms with E-state index in [0.717, 1.165) is 24.2 Å². The van der Waals surface area contributed by atoms with E-state index in [9.17, 15) is 0 Å². The maximum Gasteiger partial charge on any atom is 0.209 e. The van der Waals surface area contributed by atoms with E-state index < -0.39 is 0 Å². The van der Waals surface area contributed by atoms with Crippen molar-refractivity contribution in [1.82, 2.24) is 5.32 Å². The van der Waals surface area contributed by atoms with E-state index in [4.69, 9.17) is 4.99 Å². The van der Waals surface area contributed by atoms with Crippen molar-refractivity contribution < 1.29 is 5.32 Å². The number of fused-ring (bicyclic) bond motifs is 3. The van der Waals surface area contributed by atoms with Crippen molar-refractivity contribution >= 4 is 22.8 Å². The quantitative estimate of drug-likeness (QED) is 0.273.